The lowest BCUT2D eigenvalue weighted by Crippen LogP contribution is -2.16. The number of nitro benzene ring substituents is 1. The number of carbonyl (C=O) groups excluding carboxylic acids is 2. The SMILES string of the molecule is CCOC(=O)c1sc(NS(=O)(=O)c2cc(C)c(NC(C)=O)cc2[N+](=O)[O-])nc1C. The van der Waals surface area contributed by atoms with Crippen molar-refractivity contribution in [3.63, 3.8) is 0 Å². The first-order valence-corrected chi connectivity index (χ1v) is 10.5. The monoisotopic (exact) mass is 442 g/mol. The molecule has 2 rings (SSSR count). The lowest BCUT2D eigenvalue weighted by molar-refractivity contribution is -0.387. The van der Waals surface area contributed by atoms with Crippen molar-refractivity contribution < 1.29 is 27.7 Å². The summed E-state index contributed by atoms with van der Waals surface area (Å²) in [5.41, 5.74) is -0.0184. The van der Waals surface area contributed by atoms with E-state index in [1.54, 1.807) is 6.92 Å². The van der Waals surface area contributed by atoms with Crippen LogP contribution in [0.2, 0.25) is 0 Å². The minimum absolute atomic E-state index is 0.122. The maximum atomic E-state index is 12.8. The molecule has 0 saturated carbocycles. The molecule has 29 heavy (non-hydrogen) atoms. The van der Waals surface area contributed by atoms with Crippen LogP contribution in [0, 0.1) is 24.0 Å². The fourth-order valence-electron chi connectivity index (χ4n) is 2.35. The van der Waals surface area contributed by atoms with Crippen LogP contribution in [0.4, 0.5) is 16.5 Å². The Morgan fingerprint density at radius 2 is 1.97 bits per heavy atom. The average molecular weight is 442 g/mol. The quantitative estimate of drug-likeness (QED) is 0.376. The maximum absolute atomic E-state index is 12.8. The average Bonchev–Trinajstić information content (AvgIpc) is 2.95. The highest BCUT2D eigenvalue weighted by Crippen LogP contribution is 2.33. The molecule has 0 aliphatic rings. The van der Waals surface area contributed by atoms with Crippen LogP contribution >= 0.6 is 11.3 Å². The van der Waals surface area contributed by atoms with Crippen molar-refractivity contribution in [2.45, 2.75) is 32.6 Å². The first kappa shape index (κ1) is 22.2. The maximum Gasteiger partial charge on any atom is 0.350 e. The molecule has 0 radical (unpaired) electrons. The summed E-state index contributed by atoms with van der Waals surface area (Å²) in [5.74, 6) is -1.10. The van der Waals surface area contributed by atoms with Crippen molar-refractivity contribution in [3.05, 3.63) is 38.4 Å². The molecular weight excluding hydrogens is 424 g/mol. The van der Waals surface area contributed by atoms with Crippen molar-refractivity contribution in [1.82, 2.24) is 4.98 Å². The van der Waals surface area contributed by atoms with E-state index < -0.39 is 37.4 Å². The van der Waals surface area contributed by atoms with Crippen LogP contribution in [-0.4, -0.2) is 36.8 Å². The molecule has 2 N–H and O–H groups in total. The van der Waals surface area contributed by atoms with Gasteiger partial charge in [0, 0.05) is 13.0 Å². The van der Waals surface area contributed by atoms with E-state index in [0.29, 0.717) is 5.56 Å². The van der Waals surface area contributed by atoms with Gasteiger partial charge in [-0.25, -0.2) is 18.2 Å². The number of rotatable bonds is 7. The minimum Gasteiger partial charge on any atom is -0.462 e. The zero-order valence-corrected chi connectivity index (χ0v) is 17.6. The Hall–Kier alpha value is -3.06. The van der Waals surface area contributed by atoms with Gasteiger partial charge in [-0.2, -0.15) is 0 Å². The van der Waals surface area contributed by atoms with Gasteiger partial charge in [-0.15, -0.1) is 0 Å². The fourth-order valence-corrected chi connectivity index (χ4v) is 4.68. The van der Waals surface area contributed by atoms with Gasteiger partial charge in [0.25, 0.3) is 15.7 Å². The lowest BCUT2D eigenvalue weighted by Gasteiger charge is -2.11. The van der Waals surface area contributed by atoms with Crippen LogP contribution in [0.3, 0.4) is 0 Å². The summed E-state index contributed by atoms with van der Waals surface area (Å²) < 4.78 is 32.6. The van der Waals surface area contributed by atoms with Gasteiger partial charge in [-0.05, 0) is 32.4 Å². The fraction of sp³-hybridized carbons (Fsp3) is 0.312. The van der Waals surface area contributed by atoms with E-state index in [1.807, 2.05) is 0 Å². The van der Waals surface area contributed by atoms with E-state index >= 15 is 0 Å². The summed E-state index contributed by atoms with van der Waals surface area (Å²) in [6, 6.07) is 2.06. The summed E-state index contributed by atoms with van der Waals surface area (Å²) in [4.78, 5) is 37.2. The third kappa shape index (κ3) is 5.06. The number of ether oxygens (including phenoxy) is 1. The molecule has 1 aromatic heterocycles. The molecule has 0 bridgehead atoms. The van der Waals surface area contributed by atoms with Crippen LogP contribution in [0.15, 0.2) is 17.0 Å². The number of nitrogens with one attached hydrogen (secondary N) is 2. The zero-order valence-electron chi connectivity index (χ0n) is 15.9. The highest BCUT2D eigenvalue weighted by atomic mass is 32.2. The largest absolute Gasteiger partial charge is 0.462 e. The number of benzene rings is 1. The van der Waals surface area contributed by atoms with Gasteiger partial charge in [0.15, 0.2) is 10.0 Å². The number of sulfonamides is 1. The second-order valence-corrected chi connectivity index (χ2v) is 8.48. The Morgan fingerprint density at radius 3 is 2.52 bits per heavy atom. The van der Waals surface area contributed by atoms with Crippen molar-refractivity contribution >= 4 is 49.7 Å². The molecule has 0 atom stereocenters. The summed E-state index contributed by atoms with van der Waals surface area (Å²) in [7, 11) is -4.41. The molecule has 2 aromatic rings. The van der Waals surface area contributed by atoms with Crippen LogP contribution < -0.4 is 10.0 Å². The molecule has 1 amide bonds. The first-order valence-electron chi connectivity index (χ1n) is 8.20. The summed E-state index contributed by atoms with van der Waals surface area (Å²) >= 11 is 0.756. The highest BCUT2D eigenvalue weighted by molar-refractivity contribution is 7.93. The van der Waals surface area contributed by atoms with Gasteiger partial charge < -0.3 is 10.1 Å². The number of nitrogens with zero attached hydrogens (tertiary/aromatic N) is 2. The third-order valence-electron chi connectivity index (χ3n) is 3.58. The summed E-state index contributed by atoms with van der Waals surface area (Å²) in [6.45, 7) is 6.01. The molecule has 156 valence electrons. The lowest BCUT2D eigenvalue weighted by atomic mass is 10.2. The standard InChI is InChI=1S/C16H18N4O7S2/c1-5-27-15(22)14-9(3)17-16(28-14)19-29(25,26)13-6-8(2)11(18-10(4)21)7-12(13)20(23)24/h6-7H,5H2,1-4H3,(H,17,19)(H,18,21). The number of hydrogen-bond acceptors (Lipinski definition) is 9. The van der Waals surface area contributed by atoms with Crippen molar-refractivity contribution in [3.8, 4) is 0 Å². The van der Waals surface area contributed by atoms with Gasteiger partial charge in [0.1, 0.15) is 4.88 Å². The molecule has 0 unspecified atom stereocenters. The zero-order chi connectivity index (χ0) is 21.9. The molecule has 11 nitrogen and oxygen atoms in total. The van der Waals surface area contributed by atoms with E-state index in [2.05, 4.69) is 15.0 Å². The Bertz CT molecular complexity index is 1090. The number of nitro groups is 1. The molecule has 0 fully saturated rings. The number of esters is 1. The predicted molar refractivity (Wildman–Crippen MR) is 106 cm³/mol. The molecule has 1 heterocycles. The molecule has 0 saturated heterocycles. The van der Waals surface area contributed by atoms with Gasteiger partial charge >= 0.3 is 5.97 Å². The molecule has 0 aliphatic carbocycles. The van der Waals surface area contributed by atoms with Gasteiger partial charge in [-0.3, -0.25) is 19.6 Å². The molecule has 0 aliphatic heterocycles. The number of hydrogen-bond donors (Lipinski definition) is 2. The second kappa shape index (κ2) is 8.53. The van der Waals surface area contributed by atoms with Crippen LogP contribution in [0.5, 0.6) is 0 Å². The summed E-state index contributed by atoms with van der Waals surface area (Å²) in [6.07, 6.45) is 0. The van der Waals surface area contributed by atoms with Crippen molar-refractivity contribution in [2.75, 3.05) is 16.6 Å². The number of aromatic nitrogens is 1. The Kier molecular flexibility index (Phi) is 6.54. The van der Waals surface area contributed by atoms with E-state index in [9.17, 15) is 28.1 Å². The Labute approximate surface area is 170 Å². The smallest absolute Gasteiger partial charge is 0.350 e. The molecule has 0 spiro atoms. The third-order valence-corrected chi connectivity index (χ3v) is 6.13. The van der Waals surface area contributed by atoms with Gasteiger partial charge in [0.05, 0.1) is 22.9 Å². The number of thiazole rings is 1. The topological polar surface area (TPSA) is 158 Å². The van der Waals surface area contributed by atoms with Crippen LogP contribution in [0.1, 0.15) is 34.8 Å². The van der Waals surface area contributed by atoms with E-state index in [-0.39, 0.29) is 28.0 Å². The minimum atomic E-state index is -4.41. The van der Waals surface area contributed by atoms with Crippen molar-refractivity contribution in [1.29, 1.82) is 0 Å². The van der Waals surface area contributed by atoms with Gasteiger partial charge in [0.2, 0.25) is 5.91 Å². The van der Waals surface area contributed by atoms with Gasteiger partial charge in [-0.1, -0.05) is 11.3 Å². The van der Waals surface area contributed by atoms with E-state index in [4.69, 9.17) is 4.74 Å². The number of anilines is 2. The molecule has 1 aromatic carbocycles. The normalized spacial score (nSPS) is 11.0. The number of carbonyl (C=O) groups is 2. The number of aryl methyl sites for hydroxylation is 2. The second-order valence-electron chi connectivity index (χ2n) is 5.83. The molecule has 13 heteroatoms. The molecular formula is C16H18N4O7S2. The van der Waals surface area contributed by atoms with E-state index in [1.165, 1.54) is 20.8 Å². The first-order chi connectivity index (χ1) is 13.5. The van der Waals surface area contributed by atoms with E-state index in [0.717, 1.165) is 23.5 Å². The predicted octanol–water partition coefficient (Wildman–Crippen LogP) is 2.60. The van der Waals surface area contributed by atoms with Crippen molar-refractivity contribution in [2.24, 2.45) is 0 Å². The van der Waals surface area contributed by atoms with Crippen LogP contribution in [0.25, 0.3) is 0 Å². The highest BCUT2D eigenvalue weighted by Gasteiger charge is 2.29. The van der Waals surface area contributed by atoms with Crippen LogP contribution in [-0.2, 0) is 19.6 Å². The summed E-state index contributed by atoms with van der Waals surface area (Å²) in [5, 5.41) is 13.7. The Balaban J connectivity index is 2.47. The number of amides is 1. The Morgan fingerprint density at radius 1 is 1.31 bits per heavy atom.